The maximum absolute atomic E-state index is 12.6. The van der Waals surface area contributed by atoms with Crippen LogP contribution in [0.5, 0.6) is 5.75 Å². The second-order valence-electron chi connectivity index (χ2n) is 7.34. The molecule has 0 aliphatic carbocycles. The normalized spacial score (nSPS) is 16.9. The first-order chi connectivity index (χ1) is 15.1. The van der Waals surface area contributed by atoms with Crippen LogP contribution in [0, 0.1) is 0 Å². The summed E-state index contributed by atoms with van der Waals surface area (Å²) in [5.41, 5.74) is 0.876. The average Bonchev–Trinajstić information content (AvgIpc) is 3.56. The number of aromatic nitrogens is 3. The smallest absolute Gasteiger partial charge is 0.233 e. The molecule has 2 aromatic heterocycles. The number of thioether (sulfide) groups is 1. The molecule has 0 unspecified atom stereocenters. The van der Waals surface area contributed by atoms with Gasteiger partial charge < -0.3 is 19.2 Å². The molecular weight excluding hydrogens is 416 g/mol. The van der Waals surface area contributed by atoms with Gasteiger partial charge in [-0.3, -0.25) is 9.36 Å². The van der Waals surface area contributed by atoms with Gasteiger partial charge in [-0.15, -0.1) is 10.2 Å². The summed E-state index contributed by atoms with van der Waals surface area (Å²) in [5.74, 6) is 2.16. The van der Waals surface area contributed by atoms with Gasteiger partial charge in [-0.05, 0) is 44.0 Å². The van der Waals surface area contributed by atoms with Gasteiger partial charge in [-0.1, -0.05) is 23.9 Å². The zero-order valence-electron chi connectivity index (χ0n) is 17.6. The van der Waals surface area contributed by atoms with Gasteiger partial charge in [0.2, 0.25) is 5.91 Å². The van der Waals surface area contributed by atoms with Crippen LogP contribution in [0.25, 0.3) is 11.4 Å². The molecule has 1 N–H and O–H groups in total. The van der Waals surface area contributed by atoms with Crippen LogP contribution in [-0.2, 0) is 16.1 Å². The molecule has 1 saturated heterocycles. The van der Waals surface area contributed by atoms with Crippen LogP contribution < -0.4 is 10.1 Å². The minimum absolute atomic E-state index is 0.0454. The van der Waals surface area contributed by atoms with Crippen LogP contribution in [0.3, 0.4) is 0 Å². The Morgan fingerprint density at radius 1 is 1.35 bits per heavy atom. The van der Waals surface area contributed by atoms with E-state index >= 15 is 0 Å². The molecule has 4 rings (SSSR count). The van der Waals surface area contributed by atoms with Crippen molar-refractivity contribution in [1.82, 2.24) is 20.1 Å². The lowest BCUT2D eigenvalue weighted by molar-refractivity contribution is -0.120. The van der Waals surface area contributed by atoms with E-state index < -0.39 is 0 Å². The highest BCUT2D eigenvalue weighted by molar-refractivity contribution is 8.00. The topological polar surface area (TPSA) is 91.4 Å². The summed E-state index contributed by atoms with van der Waals surface area (Å²) in [4.78, 5) is 12.6. The minimum atomic E-state index is -0.334. The monoisotopic (exact) mass is 442 g/mol. The third-order valence-electron chi connectivity index (χ3n) is 5.12. The molecule has 3 heterocycles. The number of rotatable bonds is 9. The molecule has 1 amide bonds. The van der Waals surface area contributed by atoms with Crippen molar-refractivity contribution in [3.05, 3.63) is 48.4 Å². The van der Waals surface area contributed by atoms with Crippen molar-refractivity contribution in [3.63, 3.8) is 0 Å². The largest absolute Gasteiger partial charge is 0.497 e. The molecule has 0 radical (unpaired) electrons. The molecule has 8 nitrogen and oxygen atoms in total. The second-order valence-corrected chi connectivity index (χ2v) is 8.65. The van der Waals surface area contributed by atoms with E-state index in [2.05, 4.69) is 15.5 Å². The quantitative estimate of drug-likeness (QED) is 0.508. The van der Waals surface area contributed by atoms with Crippen molar-refractivity contribution in [2.75, 3.05) is 20.3 Å². The van der Waals surface area contributed by atoms with Gasteiger partial charge in [0.25, 0.3) is 0 Å². The number of ether oxygens (including phenoxy) is 2. The third-order valence-corrected chi connectivity index (χ3v) is 6.20. The highest BCUT2D eigenvalue weighted by Crippen LogP contribution is 2.29. The van der Waals surface area contributed by atoms with Crippen LogP contribution in [0.4, 0.5) is 0 Å². The Kier molecular flexibility index (Phi) is 6.93. The summed E-state index contributed by atoms with van der Waals surface area (Å²) in [7, 11) is 1.63. The third kappa shape index (κ3) is 5.29. The van der Waals surface area contributed by atoms with E-state index in [0.717, 1.165) is 36.5 Å². The minimum Gasteiger partial charge on any atom is -0.497 e. The Balaban J connectivity index is 1.53. The summed E-state index contributed by atoms with van der Waals surface area (Å²) in [6, 6.07) is 11.4. The van der Waals surface area contributed by atoms with E-state index in [4.69, 9.17) is 13.9 Å². The molecule has 9 heteroatoms. The first kappa shape index (κ1) is 21.5. The van der Waals surface area contributed by atoms with Crippen LogP contribution in [0.2, 0.25) is 0 Å². The molecule has 1 aromatic carbocycles. The average molecular weight is 443 g/mol. The van der Waals surface area contributed by atoms with Gasteiger partial charge in [0.05, 0.1) is 31.3 Å². The summed E-state index contributed by atoms with van der Waals surface area (Å²) < 4.78 is 18.4. The lowest BCUT2D eigenvalue weighted by atomic mass is 10.2. The van der Waals surface area contributed by atoms with Gasteiger partial charge in [0, 0.05) is 18.7 Å². The van der Waals surface area contributed by atoms with Crippen LogP contribution in [-0.4, -0.2) is 52.3 Å². The molecule has 1 aliphatic rings. The Hall–Kier alpha value is -2.78. The van der Waals surface area contributed by atoms with E-state index in [1.54, 1.807) is 13.4 Å². The summed E-state index contributed by atoms with van der Waals surface area (Å²) in [6.45, 7) is 3.64. The number of furan rings is 1. The van der Waals surface area contributed by atoms with Gasteiger partial charge >= 0.3 is 0 Å². The van der Waals surface area contributed by atoms with E-state index in [1.165, 1.54) is 11.8 Å². The van der Waals surface area contributed by atoms with Crippen LogP contribution >= 0.6 is 11.8 Å². The molecule has 0 spiro atoms. The fourth-order valence-electron chi connectivity index (χ4n) is 3.43. The van der Waals surface area contributed by atoms with Crippen molar-refractivity contribution in [1.29, 1.82) is 0 Å². The fourth-order valence-corrected chi connectivity index (χ4v) is 4.30. The molecule has 164 valence electrons. The summed E-state index contributed by atoms with van der Waals surface area (Å²) >= 11 is 1.37. The van der Waals surface area contributed by atoms with E-state index in [9.17, 15) is 4.79 Å². The van der Waals surface area contributed by atoms with Crippen LogP contribution in [0.1, 0.15) is 25.5 Å². The Morgan fingerprint density at radius 3 is 3.00 bits per heavy atom. The van der Waals surface area contributed by atoms with E-state index in [-0.39, 0.29) is 17.3 Å². The van der Waals surface area contributed by atoms with E-state index in [1.807, 2.05) is 47.9 Å². The lowest BCUT2D eigenvalue weighted by Crippen LogP contribution is -2.36. The maximum Gasteiger partial charge on any atom is 0.233 e. The van der Waals surface area contributed by atoms with Crippen molar-refractivity contribution in [3.8, 4) is 17.1 Å². The molecule has 0 saturated carbocycles. The highest BCUT2D eigenvalue weighted by atomic mass is 32.2. The van der Waals surface area contributed by atoms with Crippen LogP contribution in [0.15, 0.2) is 52.2 Å². The Labute approximate surface area is 185 Å². The van der Waals surface area contributed by atoms with Gasteiger partial charge in [0.1, 0.15) is 11.5 Å². The predicted molar refractivity (Wildman–Crippen MR) is 117 cm³/mol. The maximum atomic E-state index is 12.6. The van der Waals surface area contributed by atoms with Crippen molar-refractivity contribution in [2.45, 2.75) is 42.8 Å². The Bertz CT molecular complexity index is 999. The number of carbonyl (C=O) groups is 1. The fraction of sp³-hybridized carbons (Fsp3) is 0.409. The molecule has 2 atom stereocenters. The number of benzene rings is 1. The lowest BCUT2D eigenvalue weighted by Gasteiger charge is -2.15. The van der Waals surface area contributed by atoms with Crippen molar-refractivity contribution >= 4 is 17.7 Å². The van der Waals surface area contributed by atoms with E-state index in [0.29, 0.717) is 24.1 Å². The second kappa shape index (κ2) is 10.0. The standard InChI is InChI=1S/C22H26N4O4S/c1-15(21(27)23-13-18-8-4-10-29-18)31-22-25-24-20(16-6-3-7-17(12-16)28-2)26(22)14-19-9-5-11-30-19/h3,5-7,9,11-12,15,18H,4,8,10,13-14H2,1-2H3,(H,23,27)/t15-,18-/m1/s1. The van der Waals surface area contributed by atoms with Crippen molar-refractivity contribution < 1.29 is 18.7 Å². The first-order valence-corrected chi connectivity index (χ1v) is 11.2. The zero-order chi connectivity index (χ0) is 21.6. The number of nitrogens with one attached hydrogen (secondary N) is 1. The number of amides is 1. The number of carbonyl (C=O) groups excluding carboxylic acids is 1. The van der Waals surface area contributed by atoms with Gasteiger partial charge in [-0.25, -0.2) is 0 Å². The van der Waals surface area contributed by atoms with Gasteiger partial charge in [-0.2, -0.15) is 0 Å². The number of hydrogen-bond acceptors (Lipinski definition) is 7. The molecule has 0 bridgehead atoms. The molecule has 31 heavy (non-hydrogen) atoms. The summed E-state index contributed by atoms with van der Waals surface area (Å²) in [5, 5.41) is 12.1. The Morgan fingerprint density at radius 2 is 2.26 bits per heavy atom. The first-order valence-electron chi connectivity index (χ1n) is 10.3. The number of nitrogens with zero attached hydrogens (tertiary/aromatic N) is 3. The number of methoxy groups -OCH3 is 1. The predicted octanol–water partition coefficient (Wildman–Crippen LogP) is 3.37. The van der Waals surface area contributed by atoms with Crippen molar-refractivity contribution in [2.24, 2.45) is 0 Å². The number of hydrogen-bond donors (Lipinski definition) is 1. The molecule has 3 aromatic rings. The highest BCUT2D eigenvalue weighted by Gasteiger charge is 2.23. The molecule has 1 fully saturated rings. The SMILES string of the molecule is COc1cccc(-c2nnc(S[C@H](C)C(=O)NC[C@H]3CCCO3)n2Cc2ccco2)c1. The molecule has 1 aliphatic heterocycles. The van der Waals surface area contributed by atoms with Gasteiger partial charge in [0.15, 0.2) is 11.0 Å². The summed E-state index contributed by atoms with van der Waals surface area (Å²) in [6.07, 6.45) is 3.79. The zero-order valence-corrected chi connectivity index (χ0v) is 18.4. The molecular formula is C22H26N4O4S.